The van der Waals surface area contributed by atoms with E-state index in [1.807, 2.05) is 12.1 Å². The Kier molecular flexibility index (Phi) is 6.04. The van der Waals surface area contributed by atoms with E-state index < -0.39 is 0 Å². The van der Waals surface area contributed by atoms with Crippen LogP contribution in [0.2, 0.25) is 5.02 Å². The Morgan fingerprint density at radius 2 is 1.78 bits per heavy atom. The van der Waals surface area contributed by atoms with E-state index in [-0.39, 0.29) is 0 Å². The SMILES string of the molecule is Clc1ccccc1CC(CBr)C1CCCCCC1. The molecule has 0 N–H and O–H groups in total. The van der Waals surface area contributed by atoms with E-state index in [1.54, 1.807) is 0 Å². The van der Waals surface area contributed by atoms with Gasteiger partial charge in [0, 0.05) is 10.4 Å². The molecule has 0 aromatic heterocycles. The van der Waals surface area contributed by atoms with Crippen LogP contribution in [0.5, 0.6) is 0 Å². The third-order valence-electron chi connectivity index (χ3n) is 4.20. The van der Waals surface area contributed by atoms with Crippen LogP contribution in [-0.4, -0.2) is 5.33 Å². The Labute approximate surface area is 124 Å². The van der Waals surface area contributed by atoms with Crippen molar-refractivity contribution < 1.29 is 0 Å². The molecule has 1 aromatic carbocycles. The average Bonchev–Trinajstić information content (AvgIpc) is 2.67. The largest absolute Gasteiger partial charge is 0.0925 e. The molecule has 1 aromatic rings. The first kappa shape index (κ1) is 14.4. The summed E-state index contributed by atoms with van der Waals surface area (Å²) in [5.74, 6) is 1.62. The summed E-state index contributed by atoms with van der Waals surface area (Å²) in [6, 6.07) is 8.30. The highest BCUT2D eigenvalue weighted by molar-refractivity contribution is 9.09. The van der Waals surface area contributed by atoms with Crippen LogP contribution in [-0.2, 0) is 6.42 Å². The normalized spacial score (nSPS) is 19.4. The first-order valence-electron chi connectivity index (χ1n) is 7.10. The fourth-order valence-electron chi connectivity index (χ4n) is 3.08. The number of hydrogen-bond donors (Lipinski definition) is 0. The summed E-state index contributed by atoms with van der Waals surface area (Å²) < 4.78 is 0. The number of alkyl halides is 1. The lowest BCUT2D eigenvalue weighted by Crippen LogP contribution is -2.18. The highest BCUT2D eigenvalue weighted by Crippen LogP contribution is 2.33. The van der Waals surface area contributed by atoms with Gasteiger partial charge in [0.25, 0.3) is 0 Å². The van der Waals surface area contributed by atoms with Gasteiger partial charge in [-0.25, -0.2) is 0 Å². The first-order chi connectivity index (χ1) is 8.81. The number of benzene rings is 1. The molecule has 0 amide bonds. The van der Waals surface area contributed by atoms with Crippen molar-refractivity contribution in [2.75, 3.05) is 5.33 Å². The highest BCUT2D eigenvalue weighted by atomic mass is 79.9. The zero-order valence-corrected chi connectivity index (χ0v) is 13.2. The van der Waals surface area contributed by atoms with Crippen LogP contribution < -0.4 is 0 Å². The molecular formula is C16H22BrCl. The van der Waals surface area contributed by atoms with E-state index in [2.05, 4.69) is 28.1 Å². The fourth-order valence-corrected chi connectivity index (χ4v) is 4.05. The van der Waals surface area contributed by atoms with Crippen LogP contribution in [0, 0.1) is 11.8 Å². The molecule has 0 heterocycles. The van der Waals surface area contributed by atoms with Gasteiger partial charge in [-0.15, -0.1) is 0 Å². The number of halogens is 2. The second kappa shape index (κ2) is 7.55. The molecule has 0 radical (unpaired) electrons. The van der Waals surface area contributed by atoms with Gasteiger partial charge in [0.1, 0.15) is 0 Å². The van der Waals surface area contributed by atoms with Crippen molar-refractivity contribution in [2.24, 2.45) is 11.8 Å². The molecule has 0 nitrogen and oxygen atoms in total. The highest BCUT2D eigenvalue weighted by Gasteiger charge is 2.22. The van der Waals surface area contributed by atoms with E-state index in [0.29, 0.717) is 0 Å². The molecule has 0 saturated heterocycles. The first-order valence-corrected chi connectivity index (χ1v) is 8.60. The van der Waals surface area contributed by atoms with Gasteiger partial charge in [-0.2, -0.15) is 0 Å². The fraction of sp³-hybridized carbons (Fsp3) is 0.625. The number of hydrogen-bond acceptors (Lipinski definition) is 0. The minimum Gasteiger partial charge on any atom is -0.0925 e. The van der Waals surface area contributed by atoms with E-state index in [9.17, 15) is 0 Å². The maximum Gasteiger partial charge on any atom is 0.0438 e. The summed E-state index contributed by atoms with van der Waals surface area (Å²) in [6.07, 6.45) is 9.61. The Hall–Kier alpha value is -0.0100. The molecule has 2 rings (SSSR count). The van der Waals surface area contributed by atoms with Crippen LogP contribution in [0.3, 0.4) is 0 Å². The monoisotopic (exact) mass is 328 g/mol. The van der Waals surface area contributed by atoms with Gasteiger partial charge in [0.05, 0.1) is 0 Å². The summed E-state index contributed by atoms with van der Waals surface area (Å²) in [7, 11) is 0. The Bertz CT molecular complexity index is 356. The van der Waals surface area contributed by atoms with E-state index >= 15 is 0 Å². The molecule has 1 aliphatic carbocycles. The van der Waals surface area contributed by atoms with Gasteiger partial charge >= 0.3 is 0 Å². The lowest BCUT2D eigenvalue weighted by atomic mass is 9.83. The Balaban J connectivity index is 2.02. The van der Waals surface area contributed by atoms with Crippen molar-refractivity contribution in [3.63, 3.8) is 0 Å². The van der Waals surface area contributed by atoms with Crippen molar-refractivity contribution in [1.82, 2.24) is 0 Å². The Morgan fingerprint density at radius 1 is 1.11 bits per heavy atom. The third kappa shape index (κ3) is 3.99. The van der Waals surface area contributed by atoms with E-state index in [0.717, 1.165) is 28.6 Å². The molecule has 0 bridgehead atoms. The topological polar surface area (TPSA) is 0 Å². The summed E-state index contributed by atoms with van der Waals surface area (Å²) in [6.45, 7) is 0. The quantitative estimate of drug-likeness (QED) is 0.479. The van der Waals surface area contributed by atoms with Gasteiger partial charge in [-0.05, 0) is 29.9 Å². The minimum atomic E-state index is 0.739. The molecule has 1 unspecified atom stereocenters. The van der Waals surface area contributed by atoms with Crippen molar-refractivity contribution >= 4 is 27.5 Å². The molecule has 18 heavy (non-hydrogen) atoms. The van der Waals surface area contributed by atoms with Crippen molar-refractivity contribution in [1.29, 1.82) is 0 Å². The minimum absolute atomic E-state index is 0.739. The predicted octanol–water partition coefficient (Wildman–Crippen LogP) is 5.86. The second-order valence-corrected chi connectivity index (χ2v) is 6.52. The lowest BCUT2D eigenvalue weighted by Gasteiger charge is -2.25. The summed E-state index contributed by atoms with van der Waals surface area (Å²) >= 11 is 10.00. The van der Waals surface area contributed by atoms with Crippen LogP contribution in [0.15, 0.2) is 24.3 Å². The molecule has 1 saturated carbocycles. The van der Waals surface area contributed by atoms with E-state index in [4.69, 9.17) is 11.6 Å². The van der Waals surface area contributed by atoms with Crippen molar-refractivity contribution in [3.05, 3.63) is 34.9 Å². The maximum atomic E-state index is 6.28. The molecule has 0 aliphatic heterocycles. The summed E-state index contributed by atoms with van der Waals surface area (Å²) in [5, 5.41) is 2.03. The van der Waals surface area contributed by atoms with Crippen LogP contribution in [0.25, 0.3) is 0 Å². The smallest absolute Gasteiger partial charge is 0.0438 e. The van der Waals surface area contributed by atoms with Gasteiger partial charge in [0.15, 0.2) is 0 Å². The third-order valence-corrected chi connectivity index (χ3v) is 5.41. The summed E-state index contributed by atoms with van der Waals surface area (Å²) in [4.78, 5) is 0. The van der Waals surface area contributed by atoms with Crippen molar-refractivity contribution in [3.8, 4) is 0 Å². The van der Waals surface area contributed by atoms with Crippen LogP contribution in [0.1, 0.15) is 44.1 Å². The second-order valence-electron chi connectivity index (χ2n) is 5.46. The lowest BCUT2D eigenvalue weighted by molar-refractivity contribution is 0.325. The summed E-state index contributed by atoms with van der Waals surface area (Å²) in [5.41, 5.74) is 1.31. The molecule has 2 heteroatoms. The van der Waals surface area contributed by atoms with Crippen LogP contribution >= 0.6 is 27.5 Å². The van der Waals surface area contributed by atoms with Crippen molar-refractivity contribution in [2.45, 2.75) is 44.9 Å². The molecule has 100 valence electrons. The molecule has 1 fully saturated rings. The zero-order chi connectivity index (χ0) is 12.8. The van der Waals surface area contributed by atoms with Gasteiger partial charge in [-0.3, -0.25) is 0 Å². The maximum absolute atomic E-state index is 6.28. The van der Waals surface area contributed by atoms with Gasteiger partial charge < -0.3 is 0 Å². The molecule has 0 spiro atoms. The van der Waals surface area contributed by atoms with Crippen LogP contribution in [0.4, 0.5) is 0 Å². The van der Waals surface area contributed by atoms with Gasteiger partial charge in [-0.1, -0.05) is 84.3 Å². The molecule has 1 aliphatic rings. The average molecular weight is 330 g/mol. The molecule has 1 atom stereocenters. The van der Waals surface area contributed by atoms with E-state index in [1.165, 1.54) is 44.1 Å². The Morgan fingerprint density at radius 3 is 2.39 bits per heavy atom. The predicted molar refractivity (Wildman–Crippen MR) is 83.6 cm³/mol. The molecular weight excluding hydrogens is 308 g/mol. The number of rotatable bonds is 4. The zero-order valence-electron chi connectivity index (χ0n) is 10.9. The van der Waals surface area contributed by atoms with Gasteiger partial charge in [0.2, 0.25) is 0 Å². The standard InChI is InChI=1S/C16H22BrCl/c17-12-15(13-7-3-1-2-4-8-13)11-14-9-5-6-10-16(14)18/h5-6,9-10,13,15H,1-4,7-8,11-12H2.